The van der Waals surface area contributed by atoms with Gasteiger partial charge in [0.05, 0.1) is 13.1 Å². The number of rotatable bonds is 8. The third kappa shape index (κ3) is 6.39. The Morgan fingerprint density at radius 3 is 1.97 bits per heavy atom. The first-order chi connectivity index (χ1) is 15.8. The second kappa shape index (κ2) is 11.4. The quantitative estimate of drug-likeness (QED) is 0.530. The van der Waals surface area contributed by atoms with Gasteiger partial charge in [0.15, 0.2) is 0 Å². The number of para-hydroxylation sites is 1. The molecule has 3 aromatic rings. The van der Waals surface area contributed by atoms with Crippen molar-refractivity contribution in [1.29, 1.82) is 0 Å². The zero-order valence-corrected chi connectivity index (χ0v) is 18.5. The lowest BCUT2D eigenvalue weighted by Crippen LogP contribution is -2.50. The zero-order valence-electron chi connectivity index (χ0n) is 18.5. The molecular formula is C28H31N3O. The summed E-state index contributed by atoms with van der Waals surface area (Å²) in [5.74, 6) is 0.150. The van der Waals surface area contributed by atoms with E-state index in [-0.39, 0.29) is 5.91 Å². The van der Waals surface area contributed by atoms with E-state index in [4.69, 9.17) is 0 Å². The van der Waals surface area contributed by atoms with Crippen molar-refractivity contribution in [2.45, 2.75) is 6.54 Å². The Kier molecular flexibility index (Phi) is 7.85. The molecule has 0 spiro atoms. The minimum atomic E-state index is 0.150. The highest BCUT2D eigenvalue weighted by atomic mass is 16.2. The molecule has 0 bridgehead atoms. The van der Waals surface area contributed by atoms with Gasteiger partial charge in [-0.2, -0.15) is 0 Å². The van der Waals surface area contributed by atoms with E-state index in [1.54, 1.807) is 0 Å². The number of benzene rings is 3. The lowest BCUT2D eigenvalue weighted by molar-refractivity contribution is -0.120. The van der Waals surface area contributed by atoms with Gasteiger partial charge in [-0.3, -0.25) is 14.6 Å². The number of hydrogen-bond acceptors (Lipinski definition) is 3. The number of amides is 1. The van der Waals surface area contributed by atoms with Crippen LogP contribution in [0.3, 0.4) is 0 Å². The van der Waals surface area contributed by atoms with Crippen LogP contribution in [0.25, 0.3) is 6.08 Å². The van der Waals surface area contributed by atoms with Gasteiger partial charge in [-0.1, -0.05) is 91.0 Å². The minimum Gasteiger partial charge on any atom is -0.307 e. The fraction of sp³-hybridized carbons (Fsp3) is 0.250. The van der Waals surface area contributed by atoms with Gasteiger partial charge in [0, 0.05) is 38.4 Å². The molecule has 1 amide bonds. The van der Waals surface area contributed by atoms with Crippen LogP contribution in [0, 0.1) is 0 Å². The highest BCUT2D eigenvalue weighted by molar-refractivity contribution is 5.94. The van der Waals surface area contributed by atoms with Crippen LogP contribution < -0.4 is 4.90 Å². The van der Waals surface area contributed by atoms with E-state index < -0.39 is 0 Å². The van der Waals surface area contributed by atoms with Gasteiger partial charge in [0.1, 0.15) is 0 Å². The van der Waals surface area contributed by atoms with Crippen LogP contribution in [0.5, 0.6) is 0 Å². The number of piperazine rings is 1. The van der Waals surface area contributed by atoms with Crippen LogP contribution in [0.4, 0.5) is 5.69 Å². The maximum absolute atomic E-state index is 13.3. The van der Waals surface area contributed by atoms with Gasteiger partial charge in [-0.25, -0.2) is 0 Å². The molecule has 1 aliphatic rings. The number of hydrogen-bond donors (Lipinski definition) is 0. The van der Waals surface area contributed by atoms with Gasteiger partial charge in [-0.15, -0.1) is 0 Å². The fourth-order valence-electron chi connectivity index (χ4n) is 4.01. The molecule has 0 saturated carbocycles. The first-order valence-corrected chi connectivity index (χ1v) is 11.3. The van der Waals surface area contributed by atoms with Crippen LogP contribution in [0.1, 0.15) is 11.1 Å². The molecule has 0 radical (unpaired) electrons. The Morgan fingerprint density at radius 1 is 0.750 bits per heavy atom. The molecule has 1 heterocycles. The van der Waals surface area contributed by atoms with E-state index in [0.717, 1.165) is 44.0 Å². The number of carbonyl (C=O) groups is 1. The number of carbonyl (C=O) groups excluding carboxylic acids is 1. The number of anilines is 1. The molecule has 4 rings (SSSR count). The summed E-state index contributed by atoms with van der Waals surface area (Å²) in [4.78, 5) is 19.9. The highest BCUT2D eigenvalue weighted by Crippen LogP contribution is 2.18. The lowest BCUT2D eigenvalue weighted by atomic mass is 10.2. The molecule has 0 aliphatic carbocycles. The molecule has 164 valence electrons. The predicted molar refractivity (Wildman–Crippen MR) is 132 cm³/mol. The summed E-state index contributed by atoms with van der Waals surface area (Å²) >= 11 is 0. The summed E-state index contributed by atoms with van der Waals surface area (Å²) in [5.41, 5.74) is 3.32. The van der Waals surface area contributed by atoms with Crippen molar-refractivity contribution in [1.82, 2.24) is 9.80 Å². The molecular weight excluding hydrogens is 394 g/mol. The standard InChI is InChI=1S/C28H31N3O/c32-28(31(27-16-8-3-9-17-27)23-26-13-6-2-7-14-26)24-30-21-19-29(20-22-30)18-10-15-25-11-4-1-5-12-25/h1-17H,18-24H2/b15-10+. The summed E-state index contributed by atoms with van der Waals surface area (Å²) in [6.45, 7) is 5.79. The van der Waals surface area contributed by atoms with Crippen molar-refractivity contribution in [3.05, 3.63) is 108 Å². The first kappa shape index (κ1) is 22.0. The summed E-state index contributed by atoms with van der Waals surface area (Å²) in [6, 6.07) is 30.6. The van der Waals surface area contributed by atoms with E-state index >= 15 is 0 Å². The molecule has 4 nitrogen and oxygen atoms in total. The summed E-state index contributed by atoms with van der Waals surface area (Å²) < 4.78 is 0. The maximum Gasteiger partial charge on any atom is 0.241 e. The van der Waals surface area contributed by atoms with Crippen LogP contribution in [0.2, 0.25) is 0 Å². The minimum absolute atomic E-state index is 0.150. The molecule has 0 aromatic heterocycles. The molecule has 4 heteroatoms. The van der Waals surface area contributed by atoms with Crippen molar-refractivity contribution in [3.8, 4) is 0 Å². The Morgan fingerprint density at radius 2 is 1.31 bits per heavy atom. The smallest absolute Gasteiger partial charge is 0.241 e. The normalized spacial score (nSPS) is 15.1. The lowest BCUT2D eigenvalue weighted by Gasteiger charge is -2.35. The van der Waals surface area contributed by atoms with Crippen molar-refractivity contribution in [2.75, 3.05) is 44.2 Å². The predicted octanol–water partition coefficient (Wildman–Crippen LogP) is 4.55. The van der Waals surface area contributed by atoms with E-state index in [2.05, 4.69) is 58.4 Å². The van der Waals surface area contributed by atoms with Crippen molar-refractivity contribution in [3.63, 3.8) is 0 Å². The van der Waals surface area contributed by atoms with Crippen molar-refractivity contribution >= 4 is 17.7 Å². The van der Waals surface area contributed by atoms with Gasteiger partial charge in [-0.05, 0) is 23.3 Å². The fourth-order valence-corrected chi connectivity index (χ4v) is 4.01. The molecule has 1 fully saturated rings. The molecule has 0 unspecified atom stereocenters. The van der Waals surface area contributed by atoms with Crippen LogP contribution >= 0.6 is 0 Å². The largest absolute Gasteiger partial charge is 0.307 e. The Hall–Kier alpha value is -3.21. The van der Waals surface area contributed by atoms with Crippen molar-refractivity contribution in [2.24, 2.45) is 0 Å². The van der Waals surface area contributed by atoms with Gasteiger partial charge in [0.2, 0.25) is 5.91 Å². The maximum atomic E-state index is 13.3. The monoisotopic (exact) mass is 425 g/mol. The average Bonchev–Trinajstić information content (AvgIpc) is 2.85. The van der Waals surface area contributed by atoms with Crippen LogP contribution in [-0.2, 0) is 11.3 Å². The summed E-state index contributed by atoms with van der Waals surface area (Å²) in [7, 11) is 0. The highest BCUT2D eigenvalue weighted by Gasteiger charge is 2.22. The second-order valence-electron chi connectivity index (χ2n) is 8.19. The molecule has 0 N–H and O–H groups in total. The van der Waals surface area contributed by atoms with Gasteiger partial charge >= 0.3 is 0 Å². The van der Waals surface area contributed by atoms with E-state index in [1.165, 1.54) is 5.56 Å². The van der Waals surface area contributed by atoms with E-state index in [9.17, 15) is 4.79 Å². The average molecular weight is 426 g/mol. The van der Waals surface area contributed by atoms with Crippen molar-refractivity contribution < 1.29 is 4.79 Å². The second-order valence-corrected chi connectivity index (χ2v) is 8.19. The molecule has 3 aromatic carbocycles. The third-order valence-electron chi connectivity index (χ3n) is 5.85. The first-order valence-electron chi connectivity index (χ1n) is 11.3. The third-order valence-corrected chi connectivity index (χ3v) is 5.85. The molecule has 1 saturated heterocycles. The van der Waals surface area contributed by atoms with Gasteiger partial charge in [0.25, 0.3) is 0 Å². The Balaban J connectivity index is 1.30. The SMILES string of the molecule is O=C(CN1CCN(C/C=C/c2ccccc2)CC1)N(Cc1ccccc1)c1ccccc1. The van der Waals surface area contributed by atoms with Gasteiger partial charge < -0.3 is 4.90 Å². The molecule has 32 heavy (non-hydrogen) atoms. The van der Waals surface area contributed by atoms with Crippen LogP contribution in [0.15, 0.2) is 97.1 Å². The van der Waals surface area contributed by atoms with E-state index in [1.807, 2.05) is 59.5 Å². The summed E-state index contributed by atoms with van der Waals surface area (Å²) in [5, 5.41) is 0. The van der Waals surface area contributed by atoms with Crippen LogP contribution in [-0.4, -0.2) is 55.0 Å². The summed E-state index contributed by atoms with van der Waals surface area (Å²) in [6.07, 6.45) is 4.41. The molecule has 1 aliphatic heterocycles. The molecule has 0 atom stereocenters. The Labute approximate surface area is 191 Å². The topological polar surface area (TPSA) is 26.8 Å². The van der Waals surface area contributed by atoms with E-state index in [0.29, 0.717) is 13.1 Å². The Bertz CT molecular complexity index is 981. The zero-order chi connectivity index (χ0) is 22.0. The number of nitrogens with zero attached hydrogens (tertiary/aromatic N) is 3.